The Hall–Kier alpha value is -3.07. The lowest BCUT2D eigenvalue weighted by atomic mass is 10.2. The first-order chi connectivity index (χ1) is 15.6. The largest absolute Gasteiger partial charge is 0.497 e. The third kappa shape index (κ3) is 5.04. The van der Waals surface area contributed by atoms with Crippen molar-refractivity contribution in [2.45, 2.75) is 31.6 Å². The number of ether oxygens (including phenoxy) is 1. The predicted molar refractivity (Wildman–Crippen MR) is 124 cm³/mol. The number of nitrogens with one attached hydrogen (secondary N) is 2. The molecule has 1 aliphatic heterocycles. The van der Waals surface area contributed by atoms with Gasteiger partial charge in [-0.1, -0.05) is 36.9 Å². The maximum atomic E-state index is 13.7. The molecule has 1 aliphatic rings. The molecular formula is C23H25F2N5OS. The molecule has 0 amide bonds. The number of aromatic nitrogens is 2. The number of halogens is 2. The molecule has 0 fully saturated rings. The molecule has 6 nitrogen and oxygen atoms in total. The van der Waals surface area contributed by atoms with Crippen LogP contribution in [0.3, 0.4) is 0 Å². The number of thioether (sulfide) groups is 1. The SMILES string of the molecule is CCCSc1nc(NCc2ccc(OC)cc2)c2c(n1)N(Cc1ccc(F)c(F)c1)CN2. The Balaban J connectivity index is 1.57. The number of fused-ring (bicyclic) bond motifs is 1. The van der Waals surface area contributed by atoms with Gasteiger partial charge >= 0.3 is 0 Å². The third-order valence-electron chi connectivity index (χ3n) is 5.03. The summed E-state index contributed by atoms with van der Waals surface area (Å²) in [6.45, 7) is 3.61. The highest BCUT2D eigenvalue weighted by Crippen LogP contribution is 2.38. The Bertz CT molecular complexity index is 1080. The zero-order valence-corrected chi connectivity index (χ0v) is 18.8. The Morgan fingerprint density at radius 2 is 1.88 bits per heavy atom. The van der Waals surface area contributed by atoms with E-state index in [9.17, 15) is 8.78 Å². The van der Waals surface area contributed by atoms with Gasteiger partial charge in [0, 0.05) is 18.8 Å². The molecule has 0 aliphatic carbocycles. The average molecular weight is 458 g/mol. The first-order valence-electron chi connectivity index (χ1n) is 10.4. The maximum absolute atomic E-state index is 13.7. The monoisotopic (exact) mass is 457 g/mol. The second-order valence-corrected chi connectivity index (χ2v) is 8.45. The van der Waals surface area contributed by atoms with Crippen molar-refractivity contribution in [1.29, 1.82) is 0 Å². The Morgan fingerprint density at radius 3 is 2.59 bits per heavy atom. The summed E-state index contributed by atoms with van der Waals surface area (Å²) >= 11 is 1.60. The number of benzene rings is 2. The average Bonchev–Trinajstić information content (AvgIpc) is 3.21. The molecule has 0 unspecified atom stereocenters. The fourth-order valence-electron chi connectivity index (χ4n) is 3.37. The lowest BCUT2D eigenvalue weighted by molar-refractivity contribution is 0.414. The third-order valence-corrected chi connectivity index (χ3v) is 6.08. The minimum Gasteiger partial charge on any atom is -0.497 e. The summed E-state index contributed by atoms with van der Waals surface area (Å²) in [7, 11) is 1.64. The fourth-order valence-corrected chi connectivity index (χ4v) is 4.07. The van der Waals surface area contributed by atoms with Crippen molar-refractivity contribution < 1.29 is 13.5 Å². The Morgan fingerprint density at radius 1 is 1.09 bits per heavy atom. The lowest BCUT2D eigenvalue weighted by Crippen LogP contribution is -2.23. The Kier molecular flexibility index (Phi) is 6.94. The molecule has 0 bridgehead atoms. The lowest BCUT2D eigenvalue weighted by Gasteiger charge is -2.18. The van der Waals surface area contributed by atoms with Gasteiger partial charge in [-0.05, 0) is 41.8 Å². The van der Waals surface area contributed by atoms with Crippen LogP contribution in [0.2, 0.25) is 0 Å². The highest BCUT2D eigenvalue weighted by molar-refractivity contribution is 7.99. The first kappa shape index (κ1) is 22.1. The summed E-state index contributed by atoms with van der Waals surface area (Å²) in [4.78, 5) is 11.5. The van der Waals surface area contributed by atoms with Gasteiger partial charge in [-0.2, -0.15) is 0 Å². The van der Waals surface area contributed by atoms with Gasteiger partial charge in [-0.15, -0.1) is 0 Å². The summed E-state index contributed by atoms with van der Waals surface area (Å²) in [5.74, 6) is 1.49. The maximum Gasteiger partial charge on any atom is 0.191 e. The Labute approximate surface area is 190 Å². The van der Waals surface area contributed by atoms with E-state index < -0.39 is 11.6 Å². The molecule has 2 heterocycles. The minimum absolute atomic E-state index is 0.407. The van der Waals surface area contributed by atoms with Crippen molar-refractivity contribution in [2.75, 3.05) is 35.1 Å². The first-order valence-corrected chi connectivity index (χ1v) is 11.4. The van der Waals surface area contributed by atoms with Crippen molar-refractivity contribution in [1.82, 2.24) is 9.97 Å². The van der Waals surface area contributed by atoms with E-state index in [2.05, 4.69) is 17.6 Å². The highest BCUT2D eigenvalue weighted by Gasteiger charge is 2.26. The van der Waals surface area contributed by atoms with Crippen LogP contribution in [0, 0.1) is 11.6 Å². The molecule has 0 radical (unpaired) electrons. The van der Waals surface area contributed by atoms with Crippen LogP contribution in [0.5, 0.6) is 5.75 Å². The van der Waals surface area contributed by atoms with Gasteiger partial charge in [0.1, 0.15) is 11.4 Å². The molecule has 0 saturated carbocycles. The molecule has 9 heteroatoms. The number of hydrogen-bond donors (Lipinski definition) is 2. The predicted octanol–water partition coefficient (Wildman–Crippen LogP) is 5.27. The van der Waals surface area contributed by atoms with Gasteiger partial charge in [-0.25, -0.2) is 18.7 Å². The van der Waals surface area contributed by atoms with E-state index in [1.807, 2.05) is 29.2 Å². The van der Waals surface area contributed by atoms with Crippen LogP contribution >= 0.6 is 11.8 Å². The smallest absolute Gasteiger partial charge is 0.191 e. The summed E-state index contributed by atoms with van der Waals surface area (Å²) in [6, 6.07) is 11.8. The minimum atomic E-state index is -0.849. The van der Waals surface area contributed by atoms with Gasteiger partial charge in [0.05, 0.1) is 13.8 Å². The molecule has 32 heavy (non-hydrogen) atoms. The van der Waals surface area contributed by atoms with Gasteiger partial charge in [-0.3, -0.25) is 0 Å². The van der Waals surface area contributed by atoms with Crippen molar-refractivity contribution in [3.8, 4) is 5.75 Å². The molecule has 2 aromatic carbocycles. The number of hydrogen-bond acceptors (Lipinski definition) is 7. The summed E-state index contributed by atoms with van der Waals surface area (Å²) in [5, 5.41) is 7.44. The molecular weight excluding hydrogens is 432 g/mol. The van der Waals surface area contributed by atoms with Crippen LogP contribution in [0.4, 0.5) is 26.1 Å². The van der Waals surface area contributed by atoms with Gasteiger partial charge in [0.2, 0.25) is 0 Å². The normalized spacial score (nSPS) is 12.4. The highest BCUT2D eigenvalue weighted by atomic mass is 32.2. The topological polar surface area (TPSA) is 62.3 Å². The van der Waals surface area contributed by atoms with Gasteiger partial charge in [0.15, 0.2) is 28.4 Å². The summed E-state index contributed by atoms with van der Waals surface area (Å²) in [6.07, 6.45) is 1.01. The van der Waals surface area contributed by atoms with Crippen LogP contribution < -0.4 is 20.3 Å². The van der Waals surface area contributed by atoms with Crippen LogP contribution in [-0.2, 0) is 13.1 Å². The van der Waals surface area contributed by atoms with Crippen LogP contribution in [0.15, 0.2) is 47.6 Å². The summed E-state index contributed by atoms with van der Waals surface area (Å²) < 4.78 is 32.2. The van der Waals surface area contributed by atoms with Crippen molar-refractivity contribution >= 4 is 29.1 Å². The van der Waals surface area contributed by atoms with Crippen LogP contribution in [-0.4, -0.2) is 29.5 Å². The van der Waals surface area contributed by atoms with Gasteiger partial charge in [0.25, 0.3) is 0 Å². The van der Waals surface area contributed by atoms with Crippen molar-refractivity contribution in [2.24, 2.45) is 0 Å². The molecule has 3 aromatic rings. The standard InChI is InChI=1S/C23H25F2N5OS/c1-3-10-32-23-28-21(26-12-15-4-7-17(31-2)8-5-15)20-22(29-23)30(14-27-20)13-16-6-9-18(24)19(25)11-16/h4-9,11,27H,3,10,12-14H2,1-2H3,(H,26,28,29). The second kappa shape index (κ2) is 10.0. The fraction of sp³-hybridized carbons (Fsp3) is 0.304. The molecule has 0 saturated heterocycles. The molecule has 0 spiro atoms. The van der Waals surface area contributed by atoms with E-state index in [-0.39, 0.29) is 0 Å². The summed E-state index contributed by atoms with van der Waals surface area (Å²) in [5.41, 5.74) is 2.58. The van der Waals surface area contributed by atoms with Crippen LogP contribution in [0.25, 0.3) is 0 Å². The number of rotatable bonds is 9. The number of anilines is 3. The van der Waals surface area contributed by atoms with E-state index in [0.717, 1.165) is 46.9 Å². The van der Waals surface area contributed by atoms with E-state index in [4.69, 9.17) is 14.7 Å². The molecule has 1 aromatic heterocycles. The molecule has 4 rings (SSSR count). The van der Waals surface area contributed by atoms with Crippen molar-refractivity contribution in [3.63, 3.8) is 0 Å². The number of methoxy groups -OCH3 is 1. The molecule has 168 valence electrons. The van der Waals surface area contributed by atoms with Crippen molar-refractivity contribution in [3.05, 3.63) is 65.2 Å². The van der Waals surface area contributed by atoms with E-state index in [1.165, 1.54) is 6.07 Å². The van der Waals surface area contributed by atoms with Crippen LogP contribution in [0.1, 0.15) is 24.5 Å². The quantitative estimate of drug-likeness (QED) is 0.335. The molecule has 2 N–H and O–H groups in total. The zero-order valence-electron chi connectivity index (χ0n) is 18.0. The van der Waals surface area contributed by atoms with E-state index in [1.54, 1.807) is 24.9 Å². The second-order valence-electron chi connectivity index (χ2n) is 7.38. The number of nitrogens with zero attached hydrogens (tertiary/aromatic N) is 3. The van der Waals surface area contributed by atoms with E-state index >= 15 is 0 Å². The van der Waals surface area contributed by atoms with E-state index in [0.29, 0.717) is 30.5 Å². The van der Waals surface area contributed by atoms with Gasteiger partial charge < -0.3 is 20.3 Å². The zero-order chi connectivity index (χ0) is 22.5. The molecule has 0 atom stereocenters.